The zero-order chi connectivity index (χ0) is 23.5. The highest BCUT2D eigenvalue weighted by Gasteiger charge is 2.30. The third-order valence-electron chi connectivity index (χ3n) is 4.15. The fourth-order valence-corrected chi connectivity index (χ4v) is 3.31. The molecule has 0 spiro atoms. The summed E-state index contributed by atoms with van der Waals surface area (Å²) in [4.78, 5) is 23.7. The van der Waals surface area contributed by atoms with Crippen LogP contribution in [0.25, 0.3) is 11.3 Å². The fourth-order valence-electron chi connectivity index (χ4n) is 2.89. The minimum Gasteiger partial charge on any atom is -0.340 e. The van der Waals surface area contributed by atoms with E-state index in [0.29, 0.717) is 29.0 Å². The first-order valence-electron chi connectivity index (χ1n) is 9.19. The number of rotatable bonds is 6. The van der Waals surface area contributed by atoms with Crippen LogP contribution in [0.5, 0.6) is 0 Å². The molecular weight excluding hydrogens is 447 g/mol. The number of pyridine rings is 3. The number of thiol groups is 1. The number of aryl methyl sites for hydroxylation is 1. The summed E-state index contributed by atoms with van der Waals surface area (Å²) in [5, 5.41) is 5.55. The van der Waals surface area contributed by atoms with Crippen LogP contribution < -0.4 is 10.6 Å². The third kappa shape index (κ3) is 6.00. The highest BCUT2D eigenvalue weighted by atomic mass is 32.2. The van der Waals surface area contributed by atoms with Crippen molar-refractivity contribution >= 4 is 33.9 Å². The number of amides is 1. The molecule has 1 amide bonds. The van der Waals surface area contributed by atoms with Crippen molar-refractivity contribution < 1.29 is 26.4 Å². The van der Waals surface area contributed by atoms with Gasteiger partial charge in [0, 0.05) is 30.9 Å². The van der Waals surface area contributed by atoms with Crippen LogP contribution in [-0.4, -0.2) is 29.3 Å². The standard InChI is InChI=1S/C20H18F3N5O3S/c1-11-5-14(10-32(30)31)27-19(6-11)28-17-7-18(26-12(2)29)25-9-15(17)16-4-3-13(8-24-16)20(21,22)23/h3-9,32H,10H2,1-2H3,(H2,25,26,27,28,29). The number of aromatic nitrogens is 3. The molecule has 3 aromatic rings. The first kappa shape index (κ1) is 23.1. The molecule has 168 valence electrons. The van der Waals surface area contributed by atoms with Gasteiger partial charge < -0.3 is 10.6 Å². The lowest BCUT2D eigenvalue weighted by Gasteiger charge is -2.14. The van der Waals surface area contributed by atoms with Crippen LogP contribution in [0.2, 0.25) is 0 Å². The van der Waals surface area contributed by atoms with Crippen molar-refractivity contribution in [1.29, 1.82) is 0 Å². The van der Waals surface area contributed by atoms with Crippen LogP contribution in [0, 0.1) is 6.92 Å². The van der Waals surface area contributed by atoms with E-state index in [1.807, 2.05) is 0 Å². The Bertz CT molecular complexity index is 1220. The van der Waals surface area contributed by atoms with Gasteiger partial charge in [-0.3, -0.25) is 9.78 Å². The second-order valence-corrected chi connectivity index (χ2v) is 7.84. The summed E-state index contributed by atoms with van der Waals surface area (Å²) in [5.74, 6) is -0.0952. The number of hydrogen-bond donors (Lipinski definition) is 3. The van der Waals surface area contributed by atoms with Crippen molar-refractivity contribution in [2.45, 2.75) is 25.8 Å². The lowest BCUT2D eigenvalue weighted by atomic mass is 10.1. The fraction of sp³-hybridized carbons (Fsp3) is 0.200. The van der Waals surface area contributed by atoms with E-state index in [1.54, 1.807) is 19.1 Å². The maximum Gasteiger partial charge on any atom is 0.417 e. The molecule has 8 nitrogen and oxygen atoms in total. The zero-order valence-corrected chi connectivity index (χ0v) is 17.8. The Morgan fingerprint density at radius 3 is 2.41 bits per heavy atom. The number of nitrogens with zero attached hydrogens (tertiary/aromatic N) is 3. The smallest absolute Gasteiger partial charge is 0.340 e. The van der Waals surface area contributed by atoms with Crippen LogP contribution in [0.1, 0.15) is 23.7 Å². The maximum atomic E-state index is 12.9. The van der Waals surface area contributed by atoms with E-state index in [1.165, 1.54) is 25.3 Å². The van der Waals surface area contributed by atoms with Gasteiger partial charge in [0.2, 0.25) is 5.91 Å². The normalized spacial score (nSPS) is 11.4. The molecule has 0 bridgehead atoms. The molecule has 0 aliphatic carbocycles. The Morgan fingerprint density at radius 1 is 1.06 bits per heavy atom. The van der Waals surface area contributed by atoms with Gasteiger partial charge in [-0.05, 0) is 36.8 Å². The molecule has 2 N–H and O–H groups in total. The van der Waals surface area contributed by atoms with E-state index in [4.69, 9.17) is 0 Å². The summed E-state index contributed by atoms with van der Waals surface area (Å²) in [6.45, 7) is 3.07. The molecule has 0 atom stereocenters. The highest BCUT2D eigenvalue weighted by Crippen LogP contribution is 2.33. The van der Waals surface area contributed by atoms with Gasteiger partial charge in [-0.15, -0.1) is 0 Å². The Hall–Kier alpha value is -3.54. The summed E-state index contributed by atoms with van der Waals surface area (Å²) >= 11 is 0. The molecule has 32 heavy (non-hydrogen) atoms. The first-order valence-corrected chi connectivity index (χ1v) is 10.5. The maximum absolute atomic E-state index is 12.9. The third-order valence-corrected chi connectivity index (χ3v) is 4.73. The van der Waals surface area contributed by atoms with Crippen molar-refractivity contribution in [1.82, 2.24) is 15.0 Å². The van der Waals surface area contributed by atoms with Crippen LogP contribution in [-0.2, 0) is 27.4 Å². The number of anilines is 3. The average Bonchev–Trinajstić information content (AvgIpc) is 2.66. The van der Waals surface area contributed by atoms with Crippen LogP contribution in [0.4, 0.5) is 30.5 Å². The number of alkyl halides is 3. The minimum atomic E-state index is -4.52. The quantitative estimate of drug-likeness (QED) is 0.476. The molecule has 3 aromatic heterocycles. The summed E-state index contributed by atoms with van der Waals surface area (Å²) < 4.78 is 60.8. The van der Waals surface area contributed by atoms with E-state index < -0.39 is 22.4 Å². The molecule has 3 rings (SSSR count). The second kappa shape index (κ2) is 9.30. The molecule has 0 saturated carbocycles. The summed E-state index contributed by atoms with van der Waals surface area (Å²) in [7, 11) is -2.68. The minimum absolute atomic E-state index is 0.200. The molecule has 0 saturated heterocycles. The van der Waals surface area contributed by atoms with Crippen molar-refractivity contribution in [3.05, 3.63) is 59.5 Å². The van der Waals surface area contributed by atoms with E-state index in [2.05, 4.69) is 25.6 Å². The number of nitrogens with one attached hydrogen (secondary N) is 2. The van der Waals surface area contributed by atoms with Crippen molar-refractivity contribution in [2.75, 3.05) is 10.6 Å². The molecule has 0 aliphatic rings. The lowest BCUT2D eigenvalue weighted by Crippen LogP contribution is -2.09. The molecule has 0 fully saturated rings. The van der Waals surface area contributed by atoms with Crippen LogP contribution >= 0.6 is 0 Å². The molecule has 0 unspecified atom stereocenters. The largest absolute Gasteiger partial charge is 0.417 e. The molecular formula is C20H18F3N5O3S. The van der Waals surface area contributed by atoms with Gasteiger partial charge in [0.1, 0.15) is 22.3 Å². The summed E-state index contributed by atoms with van der Waals surface area (Å²) in [5.41, 5.74) is 1.10. The highest BCUT2D eigenvalue weighted by molar-refractivity contribution is 7.71. The molecule has 12 heteroatoms. The predicted molar refractivity (Wildman–Crippen MR) is 113 cm³/mol. The average molecular weight is 465 g/mol. The van der Waals surface area contributed by atoms with E-state index in [0.717, 1.165) is 11.6 Å². The Labute approximate surface area is 182 Å². The van der Waals surface area contributed by atoms with E-state index >= 15 is 0 Å². The predicted octanol–water partition coefficient (Wildman–Crippen LogP) is 3.68. The van der Waals surface area contributed by atoms with Crippen LogP contribution in [0.3, 0.4) is 0 Å². The van der Waals surface area contributed by atoms with Gasteiger partial charge >= 0.3 is 6.18 Å². The summed E-state index contributed by atoms with van der Waals surface area (Å²) in [6, 6.07) is 6.89. The molecule has 0 aromatic carbocycles. The van der Waals surface area contributed by atoms with Crippen molar-refractivity contribution in [2.24, 2.45) is 0 Å². The SMILES string of the molecule is CC(=O)Nc1cc(Nc2cc(C)cc(C[SH](=O)=O)n2)c(-c2ccc(C(F)(F)F)cn2)cn1. The van der Waals surface area contributed by atoms with Crippen LogP contribution in [0.15, 0.2) is 42.7 Å². The zero-order valence-electron chi connectivity index (χ0n) is 16.9. The molecule has 0 aliphatic heterocycles. The Balaban J connectivity index is 2.05. The monoisotopic (exact) mass is 465 g/mol. The van der Waals surface area contributed by atoms with E-state index in [9.17, 15) is 26.4 Å². The van der Waals surface area contributed by atoms with Gasteiger partial charge in [-0.25, -0.2) is 18.4 Å². The van der Waals surface area contributed by atoms with Gasteiger partial charge in [-0.1, -0.05) is 0 Å². The number of hydrogen-bond acceptors (Lipinski definition) is 7. The number of halogens is 3. The van der Waals surface area contributed by atoms with Gasteiger partial charge in [0.25, 0.3) is 0 Å². The topological polar surface area (TPSA) is 114 Å². The summed E-state index contributed by atoms with van der Waals surface area (Å²) in [6.07, 6.45) is -2.45. The van der Waals surface area contributed by atoms with E-state index in [-0.39, 0.29) is 23.2 Å². The van der Waals surface area contributed by atoms with Gasteiger partial charge in [0.05, 0.1) is 28.4 Å². The molecule has 0 radical (unpaired) electrons. The van der Waals surface area contributed by atoms with Gasteiger partial charge in [0.15, 0.2) is 0 Å². The second-order valence-electron chi connectivity index (χ2n) is 6.86. The lowest BCUT2D eigenvalue weighted by molar-refractivity contribution is -0.137. The Kier molecular flexibility index (Phi) is 6.72. The molecule has 3 heterocycles. The van der Waals surface area contributed by atoms with Gasteiger partial charge in [-0.2, -0.15) is 13.2 Å². The number of carbonyl (C=O) groups excluding carboxylic acids is 1. The number of carbonyl (C=O) groups is 1. The first-order chi connectivity index (χ1) is 15.0. The van der Waals surface area contributed by atoms with Crippen molar-refractivity contribution in [3.8, 4) is 11.3 Å². The van der Waals surface area contributed by atoms with Crippen molar-refractivity contribution in [3.63, 3.8) is 0 Å². The Morgan fingerprint density at radius 2 is 1.81 bits per heavy atom.